The van der Waals surface area contributed by atoms with Crippen molar-refractivity contribution in [3.8, 4) is 0 Å². The molecule has 1 aromatic heterocycles. The van der Waals surface area contributed by atoms with E-state index in [1.807, 2.05) is 6.92 Å². The van der Waals surface area contributed by atoms with E-state index in [0.29, 0.717) is 22.5 Å². The normalized spacial score (nSPS) is 29.4. The molecule has 7 heteroatoms. The lowest BCUT2D eigenvalue weighted by Crippen LogP contribution is -2.52. The molecule has 1 aromatic rings. The molecule has 1 N–H and O–H groups in total. The predicted molar refractivity (Wildman–Crippen MR) is 133 cm³/mol. The number of aliphatic hydroxyl groups excluding tert-OH is 1. The van der Waals surface area contributed by atoms with Crippen molar-refractivity contribution in [2.75, 3.05) is 6.61 Å². The van der Waals surface area contributed by atoms with Crippen molar-refractivity contribution in [1.82, 2.24) is 4.98 Å². The minimum atomic E-state index is -2.03. The fourth-order valence-corrected chi connectivity index (χ4v) is 11.9. The number of aryl methyl sites for hydroxylation is 1. The summed E-state index contributed by atoms with van der Waals surface area (Å²) in [5.74, 6) is 0.654. The summed E-state index contributed by atoms with van der Waals surface area (Å²) in [6, 6.07) is 0. The van der Waals surface area contributed by atoms with Crippen molar-refractivity contribution in [3.05, 3.63) is 30.0 Å². The molecule has 2 aliphatic rings. The van der Waals surface area contributed by atoms with Crippen LogP contribution >= 0.6 is 0 Å². The Labute approximate surface area is 201 Å². The molecule has 3 rings (SSSR count). The zero-order chi connectivity index (χ0) is 24.3. The fourth-order valence-electron chi connectivity index (χ4n) is 6.27. The van der Waals surface area contributed by atoms with E-state index in [9.17, 15) is 5.11 Å². The number of aromatic nitrogens is 1. The summed E-state index contributed by atoms with van der Waals surface area (Å²) in [7, 11) is -2.03. The lowest BCUT2D eigenvalue weighted by atomic mass is 9.92. The molecule has 6 nitrogen and oxygen atoms in total. The molecule has 2 saturated heterocycles. The largest absolute Gasteiger partial charge is 0.449 e. The average Bonchev–Trinajstić information content (AvgIpc) is 3.17. The van der Waals surface area contributed by atoms with Gasteiger partial charge >= 0.3 is 0 Å². The van der Waals surface area contributed by atoms with Crippen LogP contribution in [0.1, 0.15) is 91.3 Å². The van der Waals surface area contributed by atoms with E-state index in [0.717, 1.165) is 43.4 Å². The van der Waals surface area contributed by atoms with Crippen LogP contribution in [0.3, 0.4) is 0 Å². The Bertz CT molecular complexity index is 755. The second-order valence-electron chi connectivity index (χ2n) is 11.0. The molecular formula is C26H45NO5Si. The Kier molecular flexibility index (Phi) is 9.00. The van der Waals surface area contributed by atoms with Gasteiger partial charge in [0.15, 0.2) is 5.89 Å². The summed E-state index contributed by atoms with van der Waals surface area (Å²) >= 11 is 0. The van der Waals surface area contributed by atoms with Crippen LogP contribution in [-0.4, -0.2) is 49.4 Å². The highest BCUT2D eigenvalue weighted by molar-refractivity contribution is 6.77. The second-order valence-corrected chi connectivity index (χ2v) is 16.4. The first-order valence-corrected chi connectivity index (χ1v) is 14.9. The van der Waals surface area contributed by atoms with Crippen LogP contribution in [0.15, 0.2) is 22.8 Å². The smallest absolute Gasteiger partial charge is 0.200 e. The molecule has 2 fully saturated rings. The van der Waals surface area contributed by atoms with Crippen LogP contribution in [0.2, 0.25) is 16.6 Å². The van der Waals surface area contributed by atoms with E-state index in [4.69, 9.17) is 18.3 Å². The maximum atomic E-state index is 9.62. The minimum absolute atomic E-state index is 0.000754. The minimum Gasteiger partial charge on any atom is -0.449 e. The average molecular weight is 480 g/mol. The predicted octanol–water partition coefficient (Wildman–Crippen LogP) is 6.25. The molecular weight excluding hydrogens is 434 g/mol. The molecule has 188 valence electrons. The SMILES string of the molecule is C=C1C[C@H](C[C@@H]2C[C@H](O[Si](C(C)C)(C(C)C)C(C)C)C[C@H](c3coc(C)n3)O2)O[C@@H](CO)C1. The number of nitrogens with zero attached hydrogens (tertiary/aromatic N) is 1. The summed E-state index contributed by atoms with van der Waals surface area (Å²) in [5, 5.41) is 9.62. The summed E-state index contributed by atoms with van der Waals surface area (Å²) < 4.78 is 25.4. The highest BCUT2D eigenvalue weighted by Gasteiger charge is 2.48. The van der Waals surface area contributed by atoms with E-state index in [1.165, 1.54) is 0 Å². The van der Waals surface area contributed by atoms with Gasteiger partial charge in [0.1, 0.15) is 18.1 Å². The van der Waals surface area contributed by atoms with Crippen LogP contribution in [0.25, 0.3) is 0 Å². The number of hydrogen-bond donors (Lipinski definition) is 1. The lowest BCUT2D eigenvalue weighted by Gasteiger charge is -2.47. The summed E-state index contributed by atoms with van der Waals surface area (Å²) in [4.78, 5) is 4.57. The summed E-state index contributed by atoms with van der Waals surface area (Å²) in [6.45, 7) is 20.0. The van der Waals surface area contributed by atoms with Gasteiger partial charge in [0.25, 0.3) is 0 Å². The molecule has 0 aliphatic carbocycles. The van der Waals surface area contributed by atoms with Crippen molar-refractivity contribution >= 4 is 8.32 Å². The number of oxazole rings is 1. The van der Waals surface area contributed by atoms with E-state index < -0.39 is 8.32 Å². The quantitative estimate of drug-likeness (QED) is 0.333. The molecule has 0 spiro atoms. The molecule has 0 saturated carbocycles. The number of hydrogen-bond acceptors (Lipinski definition) is 6. The lowest BCUT2D eigenvalue weighted by molar-refractivity contribution is -0.129. The van der Waals surface area contributed by atoms with E-state index >= 15 is 0 Å². The van der Waals surface area contributed by atoms with Crippen molar-refractivity contribution in [2.45, 2.75) is 128 Å². The standard InChI is InChI=1S/C26H45NO5Si/c1-16(2)33(17(3)4,18(5)6)32-23-12-22(11-21-9-19(7)10-24(14-28)30-21)31-26(13-23)25-15-29-20(8)27-25/h15-18,21-24,26,28H,7,9-14H2,1-6,8H3/t21-,22-,23+,24-,26-/m1/s1. The van der Waals surface area contributed by atoms with E-state index in [-0.39, 0.29) is 37.1 Å². The first kappa shape index (κ1) is 26.6. The Morgan fingerprint density at radius 2 is 1.67 bits per heavy atom. The van der Waals surface area contributed by atoms with Gasteiger partial charge in [-0.1, -0.05) is 53.7 Å². The summed E-state index contributed by atoms with van der Waals surface area (Å²) in [6.07, 6.45) is 5.49. The van der Waals surface area contributed by atoms with Gasteiger partial charge in [-0.05, 0) is 35.9 Å². The maximum absolute atomic E-state index is 9.62. The molecule has 0 aromatic carbocycles. The highest BCUT2D eigenvalue weighted by atomic mass is 28.4. The van der Waals surface area contributed by atoms with Crippen molar-refractivity contribution in [3.63, 3.8) is 0 Å². The van der Waals surface area contributed by atoms with Gasteiger partial charge in [0, 0.05) is 19.8 Å². The third-order valence-corrected chi connectivity index (χ3v) is 13.7. The van der Waals surface area contributed by atoms with Crippen LogP contribution in [0.4, 0.5) is 0 Å². The highest BCUT2D eigenvalue weighted by Crippen LogP contribution is 2.46. The Morgan fingerprint density at radius 1 is 1.03 bits per heavy atom. The van der Waals surface area contributed by atoms with Gasteiger partial charge in [-0.25, -0.2) is 4.98 Å². The molecule has 0 bridgehead atoms. The van der Waals surface area contributed by atoms with Crippen molar-refractivity contribution in [1.29, 1.82) is 0 Å². The van der Waals surface area contributed by atoms with E-state index in [1.54, 1.807) is 6.26 Å². The molecule has 0 radical (unpaired) electrons. The molecule has 2 aliphatic heterocycles. The second kappa shape index (κ2) is 11.2. The number of aliphatic hydroxyl groups is 1. The maximum Gasteiger partial charge on any atom is 0.200 e. The fraction of sp³-hybridized carbons (Fsp3) is 0.808. The Hall–Kier alpha value is -0.993. The Morgan fingerprint density at radius 3 is 2.21 bits per heavy atom. The van der Waals surface area contributed by atoms with Gasteiger partial charge in [-0.2, -0.15) is 0 Å². The monoisotopic (exact) mass is 479 g/mol. The van der Waals surface area contributed by atoms with Crippen LogP contribution in [0.5, 0.6) is 0 Å². The van der Waals surface area contributed by atoms with Gasteiger partial charge in [0.05, 0.1) is 31.0 Å². The first-order chi connectivity index (χ1) is 15.5. The van der Waals surface area contributed by atoms with Crippen molar-refractivity contribution in [2.24, 2.45) is 0 Å². The van der Waals surface area contributed by atoms with Gasteiger partial charge in [0.2, 0.25) is 8.32 Å². The van der Waals surface area contributed by atoms with Crippen LogP contribution in [-0.2, 0) is 13.9 Å². The first-order valence-electron chi connectivity index (χ1n) is 12.7. The molecule has 33 heavy (non-hydrogen) atoms. The topological polar surface area (TPSA) is 74.0 Å². The molecule has 0 amide bonds. The van der Waals surface area contributed by atoms with E-state index in [2.05, 4.69) is 53.1 Å². The van der Waals surface area contributed by atoms with Gasteiger partial charge < -0.3 is 23.4 Å². The van der Waals surface area contributed by atoms with Crippen LogP contribution in [0, 0.1) is 6.92 Å². The van der Waals surface area contributed by atoms with Gasteiger partial charge in [-0.3, -0.25) is 0 Å². The third-order valence-electron chi connectivity index (χ3n) is 7.55. The zero-order valence-electron chi connectivity index (χ0n) is 21.7. The third kappa shape index (κ3) is 6.17. The molecule has 5 atom stereocenters. The van der Waals surface area contributed by atoms with Crippen LogP contribution < -0.4 is 0 Å². The number of rotatable bonds is 9. The molecule has 0 unspecified atom stereocenters. The van der Waals surface area contributed by atoms with Crippen molar-refractivity contribution < 1.29 is 23.4 Å². The van der Waals surface area contributed by atoms with Gasteiger partial charge in [-0.15, -0.1) is 0 Å². The summed E-state index contributed by atoms with van der Waals surface area (Å²) in [5.41, 5.74) is 3.58. The zero-order valence-corrected chi connectivity index (χ0v) is 22.7. The number of ether oxygens (including phenoxy) is 2. The molecule has 3 heterocycles. The Balaban J connectivity index is 1.81.